The number of aryl methyl sites for hydroxylation is 1. The quantitative estimate of drug-likeness (QED) is 0.922. The summed E-state index contributed by atoms with van der Waals surface area (Å²) in [6.45, 7) is -2.87. The van der Waals surface area contributed by atoms with E-state index in [0.717, 1.165) is 24.8 Å². The van der Waals surface area contributed by atoms with Gasteiger partial charge >= 0.3 is 6.61 Å². The largest absolute Gasteiger partial charge is 0.435 e. The Balaban J connectivity index is 1.70. The second kappa shape index (κ2) is 6.77. The molecule has 0 saturated carbocycles. The van der Waals surface area contributed by atoms with Crippen molar-refractivity contribution in [3.63, 3.8) is 0 Å². The summed E-state index contributed by atoms with van der Waals surface area (Å²) in [6.07, 6.45) is 2.96. The summed E-state index contributed by atoms with van der Waals surface area (Å²) in [6, 6.07) is 13.8. The average Bonchev–Trinajstić information content (AvgIpc) is 2.55. The number of fused-ring (bicyclic) bond motifs is 1. The van der Waals surface area contributed by atoms with E-state index in [0.29, 0.717) is 5.56 Å². The summed E-state index contributed by atoms with van der Waals surface area (Å²) >= 11 is 0. The number of carbonyl (C=O) groups is 1. The van der Waals surface area contributed by atoms with E-state index in [4.69, 9.17) is 0 Å². The highest BCUT2D eigenvalue weighted by Gasteiger charge is 2.21. The molecule has 2 aromatic rings. The van der Waals surface area contributed by atoms with Gasteiger partial charge in [-0.2, -0.15) is 8.78 Å². The predicted octanol–water partition coefficient (Wildman–Crippen LogP) is 4.10. The first-order valence-electron chi connectivity index (χ1n) is 7.57. The van der Waals surface area contributed by atoms with Crippen LogP contribution in [-0.2, 0) is 6.42 Å². The van der Waals surface area contributed by atoms with Crippen LogP contribution in [0.2, 0.25) is 0 Å². The number of hydrogen-bond donors (Lipinski definition) is 1. The molecule has 23 heavy (non-hydrogen) atoms. The monoisotopic (exact) mass is 317 g/mol. The topological polar surface area (TPSA) is 38.3 Å². The molecule has 0 spiro atoms. The molecule has 2 aromatic carbocycles. The third-order valence-corrected chi connectivity index (χ3v) is 4.02. The van der Waals surface area contributed by atoms with Crippen LogP contribution in [0.15, 0.2) is 48.5 Å². The number of benzene rings is 2. The van der Waals surface area contributed by atoms with Crippen molar-refractivity contribution in [1.82, 2.24) is 5.32 Å². The lowest BCUT2D eigenvalue weighted by Crippen LogP contribution is -2.30. The minimum absolute atomic E-state index is 0.00978. The Bertz CT molecular complexity index is 686. The molecular formula is C18H17F2NO2. The van der Waals surface area contributed by atoms with Crippen molar-refractivity contribution in [3.8, 4) is 5.75 Å². The third kappa shape index (κ3) is 3.67. The van der Waals surface area contributed by atoms with E-state index in [1.165, 1.54) is 29.8 Å². The zero-order chi connectivity index (χ0) is 16.2. The minimum Gasteiger partial charge on any atom is -0.435 e. The molecule has 1 aliphatic carbocycles. The van der Waals surface area contributed by atoms with Crippen LogP contribution in [0.5, 0.6) is 5.75 Å². The van der Waals surface area contributed by atoms with Gasteiger partial charge in [-0.05, 0) is 54.7 Å². The summed E-state index contributed by atoms with van der Waals surface area (Å²) in [5, 5.41) is 3.02. The highest BCUT2D eigenvalue weighted by atomic mass is 19.3. The highest BCUT2D eigenvalue weighted by Crippen LogP contribution is 2.29. The molecule has 1 atom stereocenters. The molecule has 0 aromatic heterocycles. The van der Waals surface area contributed by atoms with E-state index in [2.05, 4.69) is 16.1 Å². The van der Waals surface area contributed by atoms with Crippen molar-refractivity contribution in [2.24, 2.45) is 0 Å². The van der Waals surface area contributed by atoms with Gasteiger partial charge in [0.15, 0.2) is 0 Å². The molecule has 5 heteroatoms. The Labute approximate surface area is 133 Å². The van der Waals surface area contributed by atoms with Crippen molar-refractivity contribution in [3.05, 3.63) is 65.2 Å². The smallest absolute Gasteiger partial charge is 0.387 e. The summed E-state index contributed by atoms with van der Waals surface area (Å²) in [4.78, 5) is 12.4. The Morgan fingerprint density at radius 1 is 1.13 bits per heavy atom. The van der Waals surface area contributed by atoms with E-state index in [1.54, 1.807) is 0 Å². The number of amides is 1. The molecule has 0 heterocycles. The molecule has 0 aliphatic heterocycles. The lowest BCUT2D eigenvalue weighted by molar-refractivity contribution is -0.0498. The molecule has 1 aliphatic rings. The maximum atomic E-state index is 12.4. The predicted molar refractivity (Wildman–Crippen MR) is 82.7 cm³/mol. The van der Waals surface area contributed by atoms with Crippen LogP contribution in [0, 0.1) is 0 Å². The first-order valence-corrected chi connectivity index (χ1v) is 7.57. The van der Waals surface area contributed by atoms with Crippen LogP contribution < -0.4 is 10.1 Å². The van der Waals surface area contributed by atoms with Gasteiger partial charge in [0.05, 0.1) is 6.04 Å². The number of carbonyl (C=O) groups excluding carboxylic acids is 1. The fourth-order valence-corrected chi connectivity index (χ4v) is 2.93. The zero-order valence-electron chi connectivity index (χ0n) is 12.5. The Hall–Kier alpha value is -2.43. The van der Waals surface area contributed by atoms with Crippen LogP contribution in [-0.4, -0.2) is 12.5 Å². The molecular weight excluding hydrogens is 300 g/mol. The molecule has 120 valence electrons. The van der Waals surface area contributed by atoms with Gasteiger partial charge in [-0.3, -0.25) is 4.79 Å². The molecule has 0 radical (unpaired) electrons. The maximum absolute atomic E-state index is 12.4. The number of rotatable bonds is 4. The van der Waals surface area contributed by atoms with Crippen LogP contribution in [0.3, 0.4) is 0 Å². The van der Waals surface area contributed by atoms with E-state index in [9.17, 15) is 13.6 Å². The second-order valence-electron chi connectivity index (χ2n) is 5.52. The van der Waals surface area contributed by atoms with Gasteiger partial charge in [0.25, 0.3) is 5.91 Å². The summed E-state index contributed by atoms with van der Waals surface area (Å²) < 4.78 is 28.5. The van der Waals surface area contributed by atoms with Gasteiger partial charge < -0.3 is 10.1 Å². The molecule has 0 bridgehead atoms. The van der Waals surface area contributed by atoms with Gasteiger partial charge in [0.1, 0.15) is 5.75 Å². The molecule has 3 nitrogen and oxygen atoms in total. The first-order chi connectivity index (χ1) is 11.1. The van der Waals surface area contributed by atoms with Crippen LogP contribution in [0.1, 0.15) is 40.4 Å². The van der Waals surface area contributed by atoms with Crippen molar-refractivity contribution < 1.29 is 18.3 Å². The summed E-state index contributed by atoms with van der Waals surface area (Å²) in [5.74, 6) is -0.171. The van der Waals surface area contributed by atoms with E-state index in [1.807, 2.05) is 18.2 Å². The first kappa shape index (κ1) is 15.5. The van der Waals surface area contributed by atoms with Crippen LogP contribution >= 0.6 is 0 Å². The van der Waals surface area contributed by atoms with Crippen molar-refractivity contribution in [2.75, 3.05) is 0 Å². The van der Waals surface area contributed by atoms with Gasteiger partial charge in [0, 0.05) is 5.56 Å². The Morgan fingerprint density at radius 3 is 2.61 bits per heavy atom. The number of nitrogens with one attached hydrogen (secondary N) is 1. The van der Waals surface area contributed by atoms with E-state index < -0.39 is 6.61 Å². The molecule has 3 rings (SSSR count). The van der Waals surface area contributed by atoms with E-state index >= 15 is 0 Å². The standard InChI is InChI=1S/C18H17F2NO2/c19-18(20)23-14-10-8-13(9-11-14)17(22)21-16-7-3-5-12-4-1-2-6-15(12)16/h1-2,4,6,8-11,16,18H,3,5,7H2,(H,21,22)/t16-/m1/s1. The fraction of sp³-hybridized carbons (Fsp3) is 0.278. The molecule has 1 N–H and O–H groups in total. The van der Waals surface area contributed by atoms with Gasteiger partial charge in [-0.1, -0.05) is 24.3 Å². The van der Waals surface area contributed by atoms with E-state index in [-0.39, 0.29) is 17.7 Å². The van der Waals surface area contributed by atoms with Gasteiger partial charge in [-0.25, -0.2) is 0 Å². The normalized spacial score (nSPS) is 16.7. The van der Waals surface area contributed by atoms with Crippen molar-refractivity contribution in [2.45, 2.75) is 31.9 Å². The van der Waals surface area contributed by atoms with Gasteiger partial charge in [0.2, 0.25) is 0 Å². The molecule has 0 saturated heterocycles. The zero-order valence-corrected chi connectivity index (χ0v) is 12.5. The molecule has 0 unspecified atom stereocenters. The van der Waals surface area contributed by atoms with Crippen molar-refractivity contribution >= 4 is 5.91 Å². The minimum atomic E-state index is -2.87. The number of hydrogen-bond acceptors (Lipinski definition) is 2. The molecule has 1 amide bonds. The lowest BCUT2D eigenvalue weighted by atomic mass is 9.87. The molecule has 0 fully saturated rings. The van der Waals surface area contributed by atoms with Crippen molar-refractivity contribution in [1.29, 1.82) is 0 Å². The number of ether oxygens (including phenoxy) is 1. The fourth-order valence-electron chi connectivity index (χ4n) is 2.93. The highest BCUT2D eigenvalue weighted by molar-refractivity contribution is 5.94. The Morgan fingerprint density at radius 2 is 1.87 bits per heavy atom. The van der Waals surface area contributed by atoms with Crippen LogP contribution in [0.25, 0.3) is 0 Å². The number of alkyl halides is 2. The summed E-state index contributed by atoms with van der Waals surface area (Å²) in [7, 11) is 0. The SMILES string of the molecule is O=C(N[C@@H]1CCCc2ccccc21)c1ccc(OC(F)F)cc1. The average molecular weight is 317 g/mol. The van der Waals surface area contributed by atoms with Crippen LogP contribution in [0.4, 0.5) is 8.78 Å². The van der Waals surface area contributed by atoms with Gasteiger partial charge in [-0.15, -0.1) is 0 Å². The maximum Gasteiger partial charge on any atom is 0.387 e. The lowest BCUT2D eigenvalue weighted by Gasteiger charge is -2.26. The third-order valence-electron chi connectivity index (χ3n) is 4.02. The second-order valence-corrected chi connectivity index (χ2v) is 5.52. The number of halogens is 2. The Kier molecular flexibility index (Phi) is 4.55. The summed E-state index contributed by atoms with van der Waals surface area (Å²) in [5.41, 5.74) is 2.85.